The van der Waals surface area contributed by atoms with E-state index in [0.717, 1.165) is 5.56 Å². The molecule has 2 amide bonds. The van der Waals surface area contributed by atoms with Gasteiger partial charge in [-0.1, -0.05) is 35.6 Å². The highest BCUT2D eigenvalue weighted by atomic mass is 35.5. The summed E-state index contributed by atoms with van der Waals surface area (Å²) in [6.45, 7) is -0.201. The first-order valence-electron chi connectivity index (χ1n) is 11.2. The van der Waals surface area contributed by atoms with Crippen LogP contribution in [-0.2, 0) is 9.59 Å². The van der Waals surface area contributed by atoms with Gasteiger partial charge in [0.25, 0.3) is 5.91 Å². The molecule has 4 aromatic rings. The molecule has 0 spiro atoms. The summed E-state index contributed by atoms with van der Waals surface area (Å²) in [5.74, 6) is 9.71. The van der Waals surface area contributed by atoms with Gasteiger partial charge in [0, 0.05) is 40.2 Å². The Labute approximate surface area is 222 Å². The number of hydrogen-bond acceptors (Lipinski definition) is 7. The monoisotopic (exact) mass is 528 g/mol. The second kappa shape index (κ2) is 11.5. The van der Waals surface area contributed by atoms with Gasteiger partial charge in [0.2, 0.25) is 6.41 Å². The SMILES string of the molecule is NNC(=O)c1cc(-c2ccc(C#Cc3ccc(N(C=O)CC(N)C(=O)O)cc3Cl)cc2)nc2ccncc12. The fraction of sp³-hybridized carbons (Fsp3) is 0.0741. The Balaban J connectivity index is 1.57. The number of nitrogen functional groups attached to an aromatic ring is 1. The topological polar surface area (TPSA) is 165 Å². The maximum absolute atomic E-state index is 12.3. The molecule has 0 saturated heterocycles. The number of halogens is 1. The lowest BCUT2D eigenvalue weighted by Gasteiger charge is -2.20. The highest BCUT2D eigenvalue weighted by molar-refractivity contribution is 6.32. The van der Waals surface area contributed by atoms with Crippen molar-refractivity contribution in [1.82, 2.24) is 15.4 Å². The number of nitrogens with zero attached hydrogens (tertiary/aromatic N) is 3. The van der Waals surface area contributed by atoms with Crippen LogP contribution in [0.3, 0.4) is 0 Å². The average Bonchev–Trinajstić information content (AvgIpc) is 2.94. The third-order valence-corrected chi connectivity index (χ3v) is 5.94. The molecule has 38 heavy (non-hydrogen) atoms. The van der Waals surface area contributed by atoms with Gasteiger partial charge >= 0.3 is 5.97 Å². The summed E-state index contributed by atoms with van der Waals surface area (Å²) in [7, 11) is 0. The normalized spacial score (nSPS) is 11.2. The first-order valence-corrected chi connectivity index (χ1v) is 11.6. The van der Waals surface area contributed by atoms with Crippen LogP contribution in [0.15, 0.2) is 67.0 Å². The summed E-state index contributed by atoms with van der Waals surface area (Å²) >= 11 is 6.35. The lowest BCUT2D eigenvalue weighted by molar-refractivity contribution is -0.138. The van der Waals surface area contributed by atoms with Crippen molar-refractivity contribution < 1.29 is 19.5 Å². The quantitative estimate of drug-likeness (QED) is 0.0932. The van der Waals surface area contributed by atoms with E-state index in [1.54, 1.807) is 36.7 Å². The molecule has 0 aliphatic heterocycles. The Bertz CT molecular complexity index is 1600. The molecule has 2 aromatic heterocycles. The van der Waals surface area contributed by atoms with E-state index < -0.39 is 17.9 Å². The zero-order valence-electron chi connectivity index (χ0n) is 19.8. The van der Waals surface area contributed by atoms with Gasteiger partial charge in [-0.15, -0.1) is 0 Å². The molecule has 0 saturated carbocycles. The number of aromatic nitrogens is 2. The van der Waals surface area contributed by atoms with Gasteiger partial charge in [0.05, 0.1) is 28.3 Å². The average molecular weight is 529 g/mol. The number of fused-ring (bicyclic) bond motifs is 1. The predicted octanol–water partition coefficient (Wildman–Crippen LogP) is 2.33. The number of amides is 2. The number of nitrogens with two attached hydrogens (primary N) is 2. The Hall–Kier alpha value is -4.82. The number of carboxylic acid groups (broad SMARTS) is 1. The van der Waals surface area contributed by atoms with E-state index in [0.29, 0.717) is 50.4 Å². The van der Waals surface area contributed by atoms with Crippen molar-refractivity contribution in [2.24, 2.45) is 11.6 Å². The van der Waals surface area contributed by atoms with Gasteiger partial charge < -0.3 is 15.7 Å². The third-order valence-electron chi connectivity index (χ3n) is 5.63. The number of carboxylic acids is 1. The highest BCUT2D eigenvalue weighted by Crippen LogP contribution is 2.25. The molecule has 11 heteroatoms. The van der Waals surface area contributed by atoms with Crippen LogP contribution in [-0.4, -0.2) is 45.9 Å². The van der Waals surface area contributed by atoms with Crippen LogP contribution in [0.1, 0.15) is 21.5 Å². The van der Waals surface area contributed by atoms with Gasteiger partial charge in [-0.2, -0.15) is 0 Å². The van der Waals surface area contributed by atoms with Crippen molar-refractivity contribution in [1.29, 1.82) is 0 Å². The van der Waals surface area contributed by atoms with E-state index in [9.17, 15) is 14.4 Å². The molecule has 190 valence electrons. The second-order valence-electron chi connectivity index (χ2n) is 8.12. The van der Waals surface area contributed by atoms with Gasteiger partial charge in [-0.25, -0.2) is 10.8 Å². The number of nitrogens with one attached hydrogen (secondary N) is 1. The summed E-state index contributed by atoms with van der Waals surface area (Å²) in [5, 5.41) is 9.86. The van der Waals surface area contributed by atoms with Crippen molar-refractivity contribution in [2.45, 2.75) is 6.04 Å². The number of benzene rings is 2. The minimum Gasteiger partial charge on any atom is -0.480 e. The molecule has 0 fully saturated rings. The van der Waals surface area contributed by atoms with Crippen LogP contribution in [0, 0.1) is 11.8 Å². The molecule has 6 N–H and O–H groups in total. The summed E-state index contributed by atoms with van der Waals surface area (Å²) in [5.41, 5.74) is 11.6. The molecule has 0 aliphatic rings. The second-order valence-corrected chi connectivity index (χ2v) is 8.52. The van der Waals surface area contributed by atoms with E-state index in [-0.39, 0.29) is 6.54 Å². The highest BCUT2D eigenvalue weighted by Gasteiger charge is 2.17. The van der Waals surface area contributed by atoms with E-state index in [1.807, 2.05) is 24.3 Å². The third kappa shape index (κ3) is 5.77. The van der Waals surface area contributed by atoms with Crippen molar-refractivity contribution >= 4 is 46.5 Å². The van der Waals surface area contributed by atoms with E-state index >= 15 is 0 Å². The fourth-order valence-corrected chi connectivity index (χ4v) is 3.85. The summed E-state index contributed by atoms with van der Waals surface area (Å²) in [6, 6.07) is 14.2. The van der Waals surface area contributed by atoms with Crippen molar-refractivity contribution in [3.8, 4) is 23.1 Å². The number of carbonyl (C=O) groups excluding carboxylic acids is 2. The molecule has 1 atom stereocenters. The summed E-state index contributed by atoms with van der Waals surface area (Å²) in [4.78, 5) is 44.6. The number of aliphatic carboxylic acids is 1. The smallest absolute Gasteiger partial charge is 0.322 e. The van der Waals surface area contributed by atoms with Gasteiger partial charge in [-0.05, 0) is 42.5 Å². The first kappa shape index (κ1) is 26.2. The molecule has 10 nitrogen and oxygen atoms in total. The number of hydrazine groups is 1. The van der Waals surface area contributed by atoms with Crippen LogP contribution < -0.4 is 21.9 Å². The largest absolute Gasteiger partial charge is 0.480 e. The Morgan fingerprint density at radius 3 is 2.55 bits per heavy atom. The van der Waals surface area contributed by atoms with E-state index in [2.05, 4.69) is 27.2 Å². The van der Waals surface area contributed by atoms with Crippen LogP contribution in [0.5, 0.6) is 0 Å². The zero-order chi connectivity index (χ0) is 27.2. The van der Waals surface area contributed by atoms with Crippen LogP contribution in [0.4, 0.5) is 5.69 Å². The van der Waals surface area contributed by atoms with Crippen LogP contribution in [0.2, 0.25) is 5.02 Å². The van der Waals surface area contributed by atoms with E-state index in [1.165, 1.54) is 11.0 Å². The molecule has 0 bridgehead atoms. The molecular weight excluding hydrogens is 508 g/mol. The fourth-order valence-electron chi connectivity index (χ4n) is 3.63. The Morgan fingerprint density at radius 1 is 1.13 bits per heavy atom. The number of hydrogen-bond donors (Lipinski definition) is 4. The summed E-state index contributed by atoms with van der Waals surface area (Å²) in [6.07, 6.45) is 3.66. The lowest BCUT2D eigenvalue weighted by atomic mass is 10.0. The van der Waals surface area contributed by atoms with Crippen molar-refractivity contribution in [2.75, 3.05) is 11.4 Å². The molecule has 0 radical (unpaired) electrons. The standard InChI is InChI=1S/C27H21ClN6O4/c28-22-11-19(34(15-35)14-23(29)27(37)38)8-7-17(22)4-1-16-2-5-18(6-3-16)25-12-20(26(36)33-30)21-13-31-10-9-24(21)32-25/h2-3,5-13,15,23H,14,29-30H2,(H,33,36)(H,37,38). The molecule has 0 aliphatic carbocycles. The minimum atomic E-state index is -1.23. The van der Waals surface area contributed by atoms with Gasteiger partial charge in [-0.3, -0.25) is 24.8 Å². The lowest BCUT2D eigenvalue weighted by Crippen LogP contribution is -2.42. The van der Waals surface area contributed by atoms with E-state index in [4.69, 9.17) is 28.3 Å². The minimum absolute atomic E-state index is 0.201. The van der Waals surface area contributed by atoms with Gasteiger partial charge in [0.1, 0.15) is 6.04 Å². The maximum Gasteiger partial charge on any atom is 0.322 e. The number of pyridine rings is 2. The molecular formula is C27H21ClN6O4. The van der Waals surface area contributed by atoms with Gasteiger partial charge in [0.15, 0.2) is 0 Å². The van der Waals surface area contributed by atoms with Crippen molar-refractivity contribution in [3.05, 3.63) is 88.7 Å². The number of carbonyl (C=O) groups is 3. The molecule has 4 rings (SSSR count). The maximum atomic E-state index is 12.3. The Morgan fingerprint density at radius 2 is 1.89 bits per heavy atom. The molecule has 1 unspecified atom stereocenters. The number of anilines is 1. The van der Waals surface area contributed by atoms with Crippen LogP contribution >= 0.6 is 11.6 Å². The summed E-state index contributed by atoms with van der Waals surface area (Å²) < 4.78 is 0. The first-order chi connectivity index (χ1) is 18.3. The van der Waals surface area contributed by atoms with Crippen LogP contribution in [0.25, 0.3) is 22.2 Å². The number of rotatable bonds is 7. The zero-order valence-corrected chi connectivity index (χ0v) is 20.5. The molecule has 2 heterocycles. The Kier molecular flexibility index (Phi) is 7.94. The predicted molar refractivity (Wildman–Crippen MR) is 143 cm³/mol. The molecule has 2 aromatic carbocycles. The van der Waals surface area contributed by atoms with Crippen molar-refractivity contribution in [3.63, 3.8) is 0 Å².